The van der Waals surface area contributed by atoms with Crippen LogP contribution in [-0.2, 0) is 28.0 Å². The molecule has 0 radical (unpaired) electrons. The molecule has 0 unspecified atom stereocenters. The molecule has 224 valence electrons. The Kier molecular flexibility index (Phi) is 10.6. The molecule has 0 aliphatic rings. The molecule has 1 atom stereocenters. The van der Waals surface area contributed by atoms with Gasteiger partial charge in [-0.15, -0.1) is 0 Å². The number of alkyl carbamates (subject to hydrolysis) is 1. The van der Waals surface area contributed by atoms with Crippen LogP contribution in [0.1, 0.15) is 58.4 Å². The van der Waals surface area contributed by atoms with E-state index in [4.69, 9.17) is 14.6 Å². The molecule has 0 aliphatic carbocycles. The molecule has 2 amide bonds. The Bertz CT molecular complexity index is 1180. The van der Waals surface area contributed by atoms with Crippen molar-refractivity contribution in [1.29, 1.82) is 0 Å². The van der Waals surface area contributed by atoms with E-state index in [1.165, 1.54) is 12.1 Å². The number of anilines is 1. The highest BCUT2D eigenvalue weighted by molar-refractivity contribution is 9.11. The highest BCUT2D eigenvalue weighted by Crippen LogP contribution is 2.40. The highest BCUT2D eigenvalue weighted by Gasteiger charge is 2.39. The van der Waals surface area contributed by atoms with Crippen molar-refractivity contribution in [2.24, 2.45) is 0 Å². The number of aromatic nitrogens is 1. The van der Waals surface area contributed by atoms with Crippen LogP contribution >= 0.6 is 27.3 Å². The fourth-order valence-electron chi connectivity index (χ4n) is 3.22. The van der Waals surface area contributed by atoms with E-state index in [2.05, 4.69) is 26.2 Å². The van der Waals surface area contributed by atoms with Gasteiger partial charge in [0.1, 0.15) is 27.3 Å². The molecule has 8 nitrogen and oxygen atoms in total. The lowest BCUT2D eigenvalue weighted by Gasteiger charge is -2.30. The summed E-state index contributed by atoms with van der Waals surface area (Å²) in [5.74, 6) is -3.72. The standard InChI is InChI=1S/C25H31BrF5N3O5S/c1-22(2,3)38-20(36)32-16(11-14-7-9-15(10-8-14)25(29,30)31)12-34(21(37)39-23(4,5)6)19-33-17(18(26)40-19)24(27,28)13-35/h7-10,16,35H,11-13H2,1-6H3,(H,32,36)/t16-/m0/s1. The van der Waals surface area contributed by atoms with Gasteiger partial charge in [-0.1, -0.05) is 23.5 Å². The SMILES string of the molecule is CC(C)(C)OC(=O)N[C@@H](Cc1ccc(C(F)(F)F)cc1)CN(C(=O)OC(C)(C)C)c1nc(C(F)(F)CO)c(Br)s1. The van der Waals surface area contributed by atoms with Crippen molar-refractivity contribution in [2.45, 2.75) is 77.3 Å². The lowest BCUT2D eigenvalue weighted by atomic mass is 10.0. The number of ether oxygens (including phenoxy) is 2. The second kappa shape index (κ2) is 12.6. The van der Waals surface area contributed by atoms with Crippen molar-refractivity contribution in [1.82, 2.24) is 10.3 Å². The van der Waals surface area contributed by atoms with E-state index in [-0.39, 0.29) is 21.9 Å². The molecule has 0 saturated heterocycles. The van der Waals surface area contributed by atoms with Crippen LogP contribution in [0.25, 0.3) is 0 Å². The van der Waals surface area contributed by atoms with E-state index in [1.54, 1.807) is 41.5 Å². The van der Waals surface area contributed by atoms with Crippen molar-refractivity contribution >= 4 is 44.6 Å². The van der Waals surface area contributed by atoms with Gasteiger partial charge in [0, 0.05) is 0 Å². The average molecular weight is 661 g/mol. The Labute approximate surface area is 241 Å². The lowest BCUT2D eigenvalue weighted by molar-refractivity contribution is -0.137. The number of amides is 2. The molecular formula is C25H31BrF5N3O5S. The van der Waals surface area contributed by atoms with Gasteiger partial charge in [0.05, 0.1) is 18.2 Å². The Balaban J connectivity index is 2.50. The van der Waals surface area contributed by atoms with Crippen LogP contribution in [0.4, 0.5) is 36.7 Å². The van der Waals surface area contributed by atoms with Crippen LogP contribution in [0.2, 0.25) is 0 Å². The number of nitrogens with one attached hydrogen (secondary N) is 1. The summed E-state index contributed by atoms with van der Waals surface area (Å²) < 4.78 is 78.2. The van der Waals surface area contributed by atoms with Gasteiger partial charge in [0.2, 0.25) is 0 Å². The fourth-order valence-corrected chi connectivity index (χ4v) is 4.89. The lowest BCUT2D eigenvalue weighted by Crippen LogP contribution is -2.49. The maximum atomic E-state index is 14.3. The zero-order chi connectivity index (χ0) is 30.7. The Hall–Kier alpha value is -2.52. The van der Waals surface area contributed by atoms with Gasteiger partial charge in [-0.2, -0.15) is 22.0 Å². The Morgan fingerprint density at radius 2 is 1.57 bits per heavy atom. The van der Waals surface area contributed by atoms with Gasteiger partial charge in [-0.25, -0.2) is 14.6 Å². The first-order valence-corrected chi connectivity index (χ1v) is 13.5. The smallest absolute Gasteiger partial charge is 0.416 e. The number of alkyl halides is 5. The molecular weight excluding hydrogens is 629 g/mol. The first-order valence-electron chi connectivity index (χ1n) is 11.9. The van der Waals surface area contributed by atoms with Crippen molar-refractivity contribution in [2.75, 3.05) is 18.1 Å². The zero-order valence-electron chi connectivity index (χ0n) is 22.7. The molecule has 0 spiro atoms. The summed E-state index contributed by atoms with van der Waals surface area (Å²) in [4.78, 5) is 30.6. The number of hydrogen-bond donors (Lipinski definition) is 2. The number of aliphatic hydroxyl groups excluding tert-OH is 1. The highest BCUT2D eigenvalue weighted by atomic mass is 79.9. The van der Waals surface area contributed by atoms with Gasteiger partial charge in [-0.3, -0.25) is 4.90 Å². The number of carbonyl (C=O) groups excluding carboxylic acids is 2. The summed E-state index contributed by atoms with van der Waals surface area (Å²) in [5.41, 5.74) is -3.18. The average Bonchev–Trinajstić information content (AvgIpc) is 3.16. The number of aliphatic hydroxyl groups is 1. The number of hydrogen-bond acceptors (Lipinski definition) is 7. The van der Waals surface area contributed by atoms with E-state index < -0.39 is 59.4 Å². The normalized spacial score (nSPS) is 13.5. The van der Waals surface area contributed by atoms with Gasteiger partial charge < -0.3 is 19.9 Å². The topological polar surface area (TPSA) is 101 Å². The molecule has 0 aliphatic heterocycles. The summed E-state index contributed by atoms with van der Waals surface area (Å²) in [7, 11) is 0. The van der Waals surface area contributed by atoms with Gasteiger partial charge in [0.25, 0.3) is 0 Å². The molecule has 0 fully saturated rings. The summed E-state index contributed by atoms with van der Waals surface area (Å²) in [5, 5.41) is 11.5. The van der Waals surface area contributed by atoms with E-state index >= 15 is 0 Å². The molecule has 0 saturated carbocycles. The molecule has 40 heavy (non-hydrogen) atoms. The molecule has 1 heterocycles. The minimum atomic E-state index is -4.55. The second-order valence-electron chi connectivity index (χ2n) is 10.8. The first-order chi connectivity index (χ1) is 18.1. The van der Waals surface area contributed by atoms with Crippen LogP contribution in [0.3, 0.4) is 0 Å². The maximum absolute atomic E-state index is 14.3. The zero-order valence-corrected chi connectivity index (χ0v) is 25.1. The van der Waals surface area contributed by atoms with Gasteiger partial charge in [0.15, 0.2) is 5.13 Å². The number of thiazole rings is 1. The molecule has 2 aromatic rings. The number of benzene rings is 1. The Morgan fingerprint density at radius 1 is 1.02 bits per heavy atom. The molecule has 1 aromatic carbocycles. The van der Waals surface area contributed by atoms with Gasteiger partial charge >= 0.3 is 24.3 Å². The van der Waals surface area contributed by atoms with Crippen molar-refractivity contribution in [3.05, 3.63) is 44.9 Å². The molecule has 15 heteroatoms. The van der Waals surface area contributed by atoms with Crippen LogP contribution in [0.15, 0.2) is 28.1 Å². The third kappa shape index (κ3) is 10.1. The van der Waals surface area contributed by atoms with Crippen LogP contribution in [-0.4, -0.2) is 52.7 Å². The first kappa shape index (κ1) is 33.7. The second-order valence-corrected chi connectivity index (χ2v) is 13.1. The van der Waals surface area contributed by atoms with E-state index in [1.807, 2.05) is 0 Å². The van der Waals surface area contributed by atoms with Crippen LogP contribution in [0.5, 0.6) is 0 Å². The largest absolute Gasteiger partial charge is 0.444 e. The van der Waals surface area contributed by atoms with Crippen LogP contribution in [0, 0.1) is 0 Å². The summed E-state index contributed by atoms with van der Waals surface area (Å²) in [6.07, 6.45) is -6.47. The van der Waals surface area contributed by atoms with E-state index in [9.17, 15) is 31.5 Å². The van der Waals surface area contributed by atoms with Crippen molar-refractivity contribution < 1.29 is 46.1 Å². The molecule has 2 N–H and O–H groups in total. The minimum absolute atomic E-state index is 0.0666. The van der Waals surface area contributed by atoms with E-state index in [0.29, 0.717) is 16.9 Å². The fraction of sp³-hybridized carbons (Fsp3) is 0.560. The summed E-state index contributed by atoms with van der Waals surface area (Å²) >= 11 is 3.66. The van der Waals surface area contributed by atoms with Crippen molar-refractivity contribution in [3.63, 3.8) is 0 Å². The molecule has 0 bridgehead atoms. The van der Waals surface area contributed by atoms with Gasteiger partial charge in [-0.05, 0) is 81.6 Å². The minimum Gasteiger partial charge on any atom is -0.444 e. The molecule has 1 aromatic heterocycles. The number of nitrogens with zero attached hydrogens (tertiary/aromatic N) is 2. The predicted molar refractivity (Wildman–Crippen MR) is 143 cm³/mol. The maximum Gasteiger partial charge on any atom is 0.416 e. The number of rotatable bonds is 8. The predicted octanol–water partition coefficient (Wildman–Crippen LogP) is 6.89. The van der Waals surface area contributed by atoms with Crippen LogP contribution < -0.4 is 10.2 Å². The quantitative estimate of drug-likeness (QED) is 0.300. The third-order valence-electron chi connectivity index (χ3n) is 4.85. The number of halogens is 6. The Morgan fingerprint density at radius 3 is 2.05 bits per heavy atom. The number of carbonyl (C=O) groups is 2. The molecule has 2 rings (SSSR count). The summed E-state index contributed by atoms with van der Waals surface area (Å²) in [6, 6.07) is 3.23. The third-order valence-corrected chi connectivity index (χ3v) is 6.58. The monoisotopic (exact) mass is 659 g/mol. The summed E-state index contributed by atoms with van der Waals surface area (Å²) in [6.45, 7) is 7.74. The van der Waals surface area contributed by atoms with Crippen molar-refractivity contribution in [3.8, 4) is 0 Å². The van der Waals surface area contributed by atoms with E-state index in [0.717, 1.165) is 17.0 Å².